The van der Waals surface area contributed by atoms with Crippen LogP contribution in [0.15, 0.2) is 12.4 Å². The molecule has 1 fully saturated rings. The number of aliphatic hydroxyl groups excluding tert-OH is 1. The van der Waals surface area contributed by atoms with E-state index in [0.717, 1.165) is 0 Å². The van der Waals surface area contributed by atoms with Gasteiger partial charge < -0.3 is 20.1 Å². The van der Waals surface area contributed by atoms with E-state index < -0.39 is 5.60 Å². The first-order chi connectivity index (χ1) is 9.14. The van der Waals surface area contributed by atoms with Gasteiger partial charge in [0.1, 0.15) is 17.1 Å². The van der Waals surface area contributed by atoms with Crippen LogP contribution in [0, 0.1) is 0 Å². The summed E-state index contributed by atoms with van der Waals surface area (Å²) in [5, 5.41) is 11.8. The monoisotopic (exact) mass is 266 g/mol. The minimum Gasteiger partial charge on any atom is -0.393 e. The van der Waals surface area contributed by atoms with Crippen molar-refractivity contribution < 1.29 is 14.6 Å². The summed E-state index contributed by atoms with van der Waals surface area (Å²) >= 11 is 0. The zero-order valence-corrected chi connectivity index (χ0v) is 11.1. The van der Waals surface area contributed by atoms with Crippen LogP contribution in [-0.4, -0.2) is 59.9 Å². The summed E-state index contributed by atoms with van der Waals surface area (Å²) < 4.78 is 5.54. The van der Waals surface area contributed by atoms with Crippen molar-refractivity contribution in [1.82, 2.24) is 15.3 Å². The number of amides is 1. The lowest BCUT2D eigenvalue weighted by molar-refractivity contribution is -0.0919. The molecular formula is C12H18N4O3. The van der Waals surface area contributed by atoms with Crippen LogP contribution in [0.25, 0.3) is 0 Å². The van der Waals surface area contributed by atoms with Gasteiger partial charge in [0.25, 0.3) is 5.91 Å². The van der Waals surface area contributed by atoms with Gasteiger partial charge in [-0.05, 0) is 6.92 Å². The maximum absolute atomic E-state index is 11.3. The molecule has 0 aromatic carbocycles. The average molecular weight is 266 g/mol. The predicted octanol–water partition coefficient (Wildman–Crippen LogP) is -0.576. The van der Waals surface area contributed by atoms with Gasteiger partial charge in [-0.2, -0.15) is 0 Å². The Hall–Kier alpha value is -1.73. The van der Waals surface area contributed by atoms with Gasteiger partial charge in [0.15, 0.2) is 0 Å². The highest BCUT2D eigenvalue weighted by molar-refractivity contribution is 5.91. The van der Waals surface area contributed by atoms with Gasteiger partial charge in [-0.1, -0.05) is 0 Å². The van der Waals surface area contributed by atoms with E-state index in [1.54, 1.807) is 13.2 Å². The Morgan fingerprint density at radius 3 is 2.74 bits per heavy atom. The van der Waals surface area contributed by atoms with E-state index in [2.05, 4.69) is 15.3 Å². The Labute approximate surface area is 111 Å². The molecule has 1 aliphatic heterocycles. The smallest absolute Gasteiger partial charge is 0.271 e. The second kappa shape index (κ2) is 5.50. The molecule has 19 heavy (non-hydrogen) atoms. The molecule has 2 heterocycles. The molecule has 0 bridgehead atoms. The molecule has 0 radical (unpaired) electrons. The van der Waals surface area contributed by atoms with Crippen molar-refractivity contribution in [3.8, 4) is 0 Å². The van der Waals surface area contributed by atoms with Gasteiger partial charge in [-0.25, -0.2) is 9.97 Å². The largest absolute Gasteiger partial charge is 0.393 e. The third kappa shape index (κ3) is 2.66. The number of hydrogen-bond acceptors (Lipinski definition) is 6. The number of carbonyl (C=O) groups excluding carboxylic acids is 1. The number of ether oxygens (including phenoxy) is 1. The first kappa shape index (κ1) is 13.7. The number of aromatic nitrogens is 2. The number of rotatable bonds is 5. The molecule has 0 spiro atoms. The molecule has 104 valence electrons. The van der Waals surface area contributed by atoms with Crippen LogP contribution >= 0.6 is 0 Å². The molecular weight excluding hydrogens is 248 g/mol. The van der Waals surface area contributed by atoms with Gasteiger partial charge in [-0.15, -0.1) is 0 Å². The molecule has 1 saturated heterocycles. The first-order valence-corrected chi connectivity index (χ1v) is 6.18. The van der Waals surface area contributed by atoms with E-state index in [1.807, 2.05) is 11.8 Å². The quantitative estimate of drug-likeness (QED) is 0.741. The molecule has 0 saturated carbocycles. The van der Waals surface area contributed by atoms with E-state index in [-0.39, 0.29) is 18.2 Å². The van der Waals surface area contributed by atoms with Crippen molar-refractivity contribution in [2.24, 2.45) is 0 Å². The van der Waals surface area contributed by atoms with Crippen molar-refractivity contribution >= 4 is 11.7 Å². The minimum absolute atomic E-state index is 0.0128. The Morgan fingerprint density at radius 2 is 2.26 bits per heavy atom. The topological polar surface area (TPSA) is 87.6 Å². The molecule has 7 heteroatoms. The molecule has 1 aromatic heterocycles. The van der Waals surface area contributed by atoms with Gasteiger partial charge in [0.05, 0.1) is 32.1 Å². The summed E-state index contributed by atoms with van der Waals surface area (Å²) in [7, 11) is 1.55. The second-order valence-electron chi connectivity index (χ2n) is 4.47. The maximum Gasteiger partial charge on any atom is 0.271 e. The first-order valence-electron chi connectivity index (χ1n) is 6.18. The lowest BCUT2D eigenvalue weighted by Crippen LogP contribution is -2.65. The molecule has 1 amide bonds. The van der Waals surface area contributed by atoms with Crippen LogP contribution in [0.2, 0.25) is 0 Å². The van der Waals surface area contributed by atoms with Crippen LogP contribution in [0.1, 0.15) is 17.4 Å². The van der Waals surface area contributed by atoms with Gasteiger partial charge in [0.2, 0.25) is 0 Å². The molecule has 2 N–H and O–H groups in total. The van der Waals surface area contributed by atoms with E-state index in [9.17, 15) is 9.90 Å². The second-order valence-corrected chi connectivity index (χ2v) is 4.47. The highest BCUT2D eigenvalue weighted by Gasteiger charge is 2.44. The Kier molecular flexibility index (Phi) is 3.96. The van der Waals surface area contributed by atoms with Gasteiger partial charge >= 0.3 is 0 Å². The summed E-state index contributed by atoms with van der Waals surface area (Å²) in [6.45, 7) is 3.60. The van der Waals surface area contributed by atoms with E-state index in [4.69, 9.17) is 4.74 Å². The Morgan fingerprint density at radius 1 is 1.53 bits per heavy atom. The van der Waals surface area contributed by atoms with E-state index in [1.165, 1.54) is 6.20 Å². The number of carbonyl (C=O) groups is 1. The van der Waals surface area contributed by atoms with Gasteiger partial charge in [-0.3, -0.25) is 4.79 Å². The summed E-state index contributed by atoms with van der Waals surface area (Å²) in [6.07, 6.45) is 2.99. The molecule has 0 atom stereocenters. The zero-order valence-electron chi connectivity index (χ0n) is 11.1. The van der Waals surface area contributed by atoms with Crippen molar-refractivity contribution in [3.05, 3.63) is 18.1 Å². The lowest BCUT2D eigenvalue weighted by atomic mass is 9.95. The zero-order chi connectivity index (χ0) is 13.9. The number of nitrogens with zero attached hydrogens (tertiary/aromatic N) is 3. The molecule has 7 nitrogen and oxygen atoms in total. The number of aliphatic hydroxyl groups is 1. The van der Waals surface area contributed by atoms with Crippen molar-refractivity contribution in [2.75, 3.05) is 38.3 Å². The predicted molar refractivity (Wildman–Crippen MR) is 69.1 cm³/mol. The fraction of sp³-hybridized carbons (Fsp3) is 0.583. The summed E-state index contributed by atoms with van der Waals surface area (Å²) in [6, 6.07) is 0. The summed E-state index contributed by atoms with van der Waals surface area (Å²) in [5.74, 6) is 0.415. The fourth-order valence-electron chi connectivity index (χ4n) is 2.08. The number of anilines is 1. The molecule has 1 aromatic rings. The van der Waals surface area contributed by atoms with Crippen LogP contribution in [-0.2, 0) is 4.74 Å². The lowest BCUT2D eigenvalue weighted by Gasteiger charge is -2.48. The summed E-state index contributed by atoms with van der Waals surface area (Å²) in [4.78, 5) is 21.5. The summed E-state index contributed by atoms with van der Waals surface area (Å²) in [5.41, 5.74) is -0.208. The normalized spacial score (nSPS) is 16.9. The van der Waals surface area contributed by atoms with E-state index in [0.29, 0.717) is 25.5 Å². The van der Waals surface area contributed by atoms with Crippen LogP contribution in [0.3, 0.4) is 0 Å². The third-order valence-corrected chi connectivity index (χ3v) is 3.12. The van der Waals surface area contributed by atoms with E-state index >= 15 is 0 Å². The molecule has 2 rings (SSSR count). The molecule has 0 unspecified atom stereocenters. The third-order valence-electron chi connectivity index (χ3n) is 3.12. The number of hydrogen-bond donors (Lipinski definition) is 2. The minimum atomic E-state index is -0.490. The van der Waals surface area contributed by atoms with Crippen molar-refractivity contribution in [2.45, 2.75) is 12.5 Å². The highest BCUT2D eigenvalue weighted by atomic mass is 16.5. The van der Waals surface area contributed by atoms with Crippen molar-refractivity contribution in [3.63, 3.8) is 0 Å². The molecule has 1 aliphatic rings. The van der Waals surface area contributed by atoms with Crippen LogP contribution in [0.5, 0.6) is 0 Å². The van der Waals surface area contributed by atoms with Crippen LogP contribution in [0.4, 0.5) is 5.82 Å². The van der Waals surface area contributed by atoms with Gasteiger partial charge in [0, 0.05) is 13.7 Å². The highest BCUT2D eigenvalue weighted by Crippen LogP contribution is 2.28. The Balaban J connectivity index is 2.00. The maximum atomic E-state index is 11.3. The van der Waals surface area contributed by atoms with Crippen LogP contribution < -0.4 is 10.2 Å². The average Bonchev–Trinajstić information content (AvgIpc) is 2.42. The standard InChI is InChI=1S/C12H18N4O3/c1-3-19-12(8-17)6-16(7-12)10-5-14-9(4-15-10)11(18)13-2/h4-5,17H,3,6-8H2,1-2H3,(H,13,18). The SMILES string of the molecule is CCOC1(CO)CN(c2cnc(C(=O)NC)cn2)C1. The van der Waals surface area contributed by atoms with Crippen molar-refractivity contribution in [1.29, 1.82) is 0 Å². The molecule has 0 aliphatic carbocycles. The number of nitrogens with one attached hydrogen (secondary N) is 1. The Bertz CT molecular complexity index is 443. The fourth-order valence-corrected chi connectivity index (χ4v) is 2.08.